The average molecular weight is 340 g/mol. The largest absolute Gasteiger partial charge is 0.299 e. The molecule has 2 fully saturated rings. The standard InChI is InChI=1S/C18H24N6O/c25-17-2-1-6-20-24(17)13-12-22-8-10-23(11-9-22)14-16-5-7-19-18(21-16)15-3-4-15/h1-2,5-7,15H,3-4,8-14H2. The topological polar surface area (TPSA) is 67.2 Å². The number of hydrogen-bond acceptors (Lipinski definition) is 6. The molecular formula is C18H24N6O. The van der Waals surface area contributed by atoms with Gasteiger partial charge in [0.25, 0.3) is 5.56 Å². The van der Waals surface area contributed by atoms with E-state index in [0.717, 1.165) is 50.8 Å². The molecule has 0 N–H and O–H groups in total. The average Bonchev–Trinajstić information content (AvgIpc) is 3.48. The summed E-state index contributed by atoms with van der Waals surface area (Å²) in [5.74, 6) is 1.63. The van der Waals surface area contributed by atoms with E-state index in [1.54, 1.807) is 18.3 Å². The number of aromatic nitrogens is 4. The third kappa shape index (κ3) is 4.29. The molecule has 1 saturated heterocycles. The summed E-state index contributed by atoms with van der Waals surface area (Å²) in [5, 5.41) is 4.11. The van der Waals surface area contributed by atoms with Crippen LogP contribution in [0.3, 0.4) is 0 Å². The Hall–Kier alpha value is -2.12. The Balaban J connectivity index is 1.25. The van der Waals surface area contributed by atoms with Gasteiger partial charge in [-0.1, -0.05) is 0 Å². The fraction of sp³-hybridized carbons (Fsp3) is 0.556. The van der Waals surface area contributed by atoms with Gasteiger partial charge in [-0.2, -0.15) is 5.10 Å². The summed E-state index contributed by atoms with van der Waals surface area (Å²) in [7, 11) is 0. The first-order chi connectivity index (χ1) is 12.3. The molecule has 0 spiro atoms. The first-order valence-corrected chi connectivity index (χ1v) is 9.06. The molecule has 4 rings (SSSR count). The molecule has 0 radical (unpaired) electrons. The molecule has 132 valence electrons. The molecule has 2 aromatic rings. The lowest BCUT2D eigenvalue weighted by atomic mass is 10.2. The van der Waals surface area contributed by atoms with Gasteiger partial charge in [-0.3, -0.25) is 14.6 Å². The molecule has 25 heavy (non-hydrogen) atoms. The van der Waals surface area contributed by atoms with Gasteiger partial charge in [0.2, 0.25) is 0 Å². The van der Waals surface area contributed by atoms with Gasteiger partial charge in [0.05, 0.1) is 12.2 Å². The summed E-state index contributed by atoms with van der Waals surface area (Å²) in [4.78, 5) is 25.6. The molecule has 0 amide bonds. The summed E-state index contributed by atoms with van der Waals surface area (Å²) in [6.07, 6.45) is 6.04. The van der Waals surface area contributed by atoms with Gasteiger partial charge in [0.15, 0.2) is 0 Å². The second kappa shape index (κ2) is 7.41. The highest BCUT2D eigenvalue weighted by atomic mass is 16.1. The van der Waals surface area contributed by atoms with Crippen LogP contribution in [0.15, 0.2) is 35.4 Å². The summed E-state index contributed by atoms with van der Waals surface area (Å²) in [5.41, 5.74) is 1.10. The van der Waals surface area contributed by atoms with Crippen molar-refractivity contribution in [1.82, 2.24) is 29.5 Å². The predicted molar refractivity (Wildman–Crippen MR) is 94.2 cm³/mol. The molecule has 2 aliphatic rings. The molecule has 2 aromatic heterocycles. The maximum atomic E-state index is 11.7. The van der Waals surface area contributed by atoms with E-state index in [-0.39, 0.29) is 5.56 Å². The minimum Gasteiger partial charge on any atom is -0.299 e. The van der Waals surface area contributed by atoms with Crippen LogP contribution < -0.4 is 5.56 Å². The monoisotopic (exact) mass is 340 g/mol. The van der Waals surface area contributed by atoms with Crippen LogP contribution in [-0.4, -0.2) is 62.3 Å². The number of rotatable bonds is 6. The summed E-state index contributed by atoms with van der Waals surface area (Å²) in [6.45, 7) is 6.50. The highest BCUT2D eigenvalue weighted by Crippen LogP contribution is 2.37. The molecule has 7 heteroatoms. The maximum absolute atomic E-state index is 11.7. The van der Waals surface area contributed by atoms with Crippen molar-refractivity contribution < 1.29 is 0 Å². The first-order valence-electron chi connectivity index (χ1n) is 9.06. The van der Waals surface area contributed by atoms with E-state index in [9.17, 15) is 4.79 Å². The third-order valence-corrected chi connectivity index (χ3v) is 4.94. The zero-order valence-corrected chi connectivity index (χ0v) is 14.4. The maximum Gasteiger partial charge on any atom is 0.266 e. The lowest BCUT2D eigenvalue weighted by molar-refractivity contribution is 0.121. The van der Waals surface area contributed by atoms with E-state index in [4.69, 9.17) is 4.98 Å². The predicted octanol–water partition coefficient (Wildman–Crippen LogP) is 0.728. The Kier molecular flexibility index (Phi) is 4.85. The summed E-state index contributed by atoms with van der Waals surface area (Å²) < 4.78 is 1.53. The van der Waals surface area contributed by atoms with Gasteiger partial charge < -0.3 is 0 Å². The van der Waals surface area contributed by atoms with Crippen molar-refractivity contribution in [3.05, 3.63) is 52.5 Å². The zero-order chi connectivity index (χ0) is 17.1. The fourth-order valence-corrected chi connectivity index (χ4v) is 3.23. The van der Waals surface area contributed by atoms with Crippen LogP contribution in [0.1, 0.15) is 30.3 Å². The van der Waals surface area contributed by atoms with Crippen molar-refractivity contribution in [2.45, 2.75) is 31.8 Å². The van der Waals surface area contributed by atoms with Gasteiger partial charge in [-0.15, -0.1) is 0 Å². The summed E-state index contributed by atoms with van der Waals surface area (Å²) in [6, 6.07) is 5.27. The van der Waals surface area contributed by atoms with E-state index in [2.05, 4.69) is 19.9 Å². The Morgan fingerprint density at radius 1 is 1.00 bits per heavy atom. The van der Waals surface area contributed by atoms with Crippen LogP contribution >= 0.6 is 0 Å². The minimum absolute atomic E-state index is 0.0311. The first kappa shape index (κ1) is 16.4. The van der Waals surface area contributed by atoms with Crippen LogP contribution in [0.2, 0.25) is 0 Å². The molecule has 3 heterocycles. The Labute approximate surface area is 147 Å². The van der Waals surface area contributed by atoms with Crippen molar-refractivity contribution >= 4 is 0 Å². The zero-order valence-electron chi connectivity index (χ0n) is 14.4. The van der Waals surface area contributed by atoms with Gasteiger partial charge >= 0.3 is 0 Å². The van der Waals surface area contributed by atoms with E-state index in [0.29, 0.717) is 12.5 Å². The SMILES string of the molecule is O=c1cccnn1CCN1CCN(Cc2ccnc(C3CC3)n2)CC1. The summed E-state index contributed by atoms with van der Waals surface area (Å²) >= 11 is 0. The quantitative estimate of drug-likeness (QED) is 0.772. The van der Waals surface area contributed by atoms with Gasteiger partial charge in [0, 0.05) is 63.6 Å². The van der Waals surface area contributed by atoms with Gasteiger partial charge in [-0.25, -0.2) is 14.6 Å². The molecule has 0 aromatic carbocycles. The van der Waals surface area contributed by atoms with E-state index >= 15 is 0 Å². The highest BCUT2D eigenvalue weighted by molar-refractivity contribution is 5.10. The Morgan fingerprint density at radius 3 is 2.56 bits per heavy atom. The lowest BCUT2D eigenvalue weighted by Crippen LogP contribution is -2.47. The van der Waals surface area contributed by atoms with E-state index in [1.165, 1.54) is 17.5 Å². The number of nitrogens with zero attached hydrogens (tertiary/aromatic N) is 6. The highest BCUT2D eigenvalue weighted by Gasteiger charge is 2.26. The minimum atomic E-state index is -0.0311. The third-order valence-electron chi connectivity index (χ3n) is 4.94. The van der Waals surface area contributed by atoms with Crippen LogP contribution in [0, 0.1) is 0 Å². The second-order valence-electron chi connectivity index (χ2n) is 6.88. The Bertz CT molecular complexity index is 764. The van der Waals surface area contributed by atoms with Crippen molar-refractivity contribution in [2.24, 2.45) is 0 Å². The fourth-order valence-electron chi connectivity index (χ4n) is 3.23. The molecule has 1 saturated carbocycles. The van der Waals surface area contributed by atoms with Crippen LogP contribution in [0.25, 0.3) is 0 Å². The van der Waals surface area contributed by atoms with Crippen molar-refractivity contribution in [1.29, 1.82) is 0 Å². The molecule has 0 bridgehead atoms. The normalized spacial score (nSPS) is 19.2. The van der Waals surface area contributed by atoms with Gasteiger partial charge in [0.1, 0.15) is 5.82 Å². The Morgan fingerprint density at radius 2 is 1.80 bits per heavy atom. The molecule has 7 nitrogen and oxygen atoms in total. The van der Waals surface area contributed by atoms with E-state index < -0.39 is 0 Å². The molecule has 0 atom stereocenters. The molecule has 1 aliphatic heterocycles. The molecule has 1 aliphatic carbocycles. The van der Waals surface area contributed by atoms with Crippen molar-refractivity contribution in [3.63, 3.8) is 0 Å². The second-order valence-corrected chi connectivity index (χ2v) is 6.88. The van der Waals surface area contributed by atoms with Crippen molar-refractivity contribution in [2.75, 3.05) is 32.7 Å². The number of piperazine rings is 1. The molecular weight excluding hydrogens is 316 g/mol. The molecule has 0 unspecified atom stereocenters. The smallest absolute Gasteiger partial charge is 0.266 e. The van der Waals surface area contributed by atoms with Gasteiger partial charge in [-0.05, 0) is 25.0 Å². The number of hydrogen-bond donors (Lipinski definition) is 0. The van der Waals surface area contributed by atoms with Crippen LogP contribution in [0.5, 0.6) is 0 Å². The van der Waals surface area contributed by atoms with Crippen LogP contribution in [-0.2, 0) is 13.1 Å². The van der Waals surface area contributed by atoms with E-state index in [1.807, 2.05) is 12.3 Å². The van der Waals surface area contributed by atoms with Crippen molar-refractivity contribution in [3.8, 4) is 0 Å². The van der Waals surface area contributed by atoms with Crippen LogP contribution in [0.4, 0.5) is 0 Å². The lowest BCUT2D eigenvalue weighted by Gasteiger charge is -2.34.